The van der Waals surface area contributed by atoms with E-state index in [4.69, 9.17) is 0 Å². The summed E-state index contributed by atoms with van der Waals surface area (Å²) >= 11 is 0. The standard InChI is InChI=1S/Mg.12H2O.2H/h;12*1H2;;. The average Bonchev–Trinajstić information content (AvgIpc) is 0. The van der Waals surface area contributed by atoms with Crippen molar-refractivity contribution in [2.24, 2.45) is 0 Å². The quantitative estimate of drug-likeness (QED) is 0.356. The Morgan fingerprint density at radius 3 is 0.154 bits per heavy atom. The zero-order chi connectivity index (χ0) is 0. The second-order valence-electron chi connectivity index (χ2n) is 0. The summed E-state index contributed by atoms with van der Waals surface area (Å²) in [6.07, 6.45) is 0. The van der Waals surface area contributed by atoms with Gasteiger partial charge in [-0.25, -0.2) is 0 Å². The van der Waals surface area contributed by atoms with Gasteiger partial charge in [0.25, 0.3) is 0 Å². The van der Waals surface area contributed by atoms with Gasteiger partial charge in [0.05, 0.1) is 0 Å². The largest absolute Gasteiger partial charge is 0.412 e. The molecule has 0 radical (unpaired) electrons. The van der Waals surface area contributed by atoms with Gasteiger partial charge >= 0.3 is 23.1 Å². The van der Waals surface area contributed by atoms with Gasteiger partial charge in [-0.2, -0.15) is 0 Å². The Bertz CT molecular complexity index is 5.09. The van der Waals surface area contributed by atoms with Crippen molar-refractivity contribution in [3.63, 3.8) is 0 Å². The molecule has 0 saturated carbocycles. The second-order valence-corrected chi connectivity index (χ2v) is 0. The Labute approximate surface area is 89.4 Å². The van der Waals surface area contributed by atoms with E-state index >= 15 is 0 Å². The Morgan fingerprint density at radius 1 is 0.154 bits per heavy atom. The molecular weight excluding hydrogens is 216 g/mol. The summed E-state index contributed by atoms with van der Waals surface area (Å²) in [6.45, 7) is 0. The van der Waals surface area contributed by atoms with Crippen molar-refractivity contribution in [3.8, 4) is 0 Å². The van der Waals surface area contributed by atoms with Crippen molar-refractivity contribution in [2.75, 3.05) is 0 Å². The molecule has 100 valence electrons. The molecule has 12 nitrogen and oxygen atoms in total. The molecule has 0 bridgehead atoms. The average molecular weight is 243 g/mol. The number of hydrogen-bond donors (Lipinski definition) is 0. The minimum absolute atomic E-state index is 0. The fraction of sp³-hybridized carbons (Fsp3) is 0. The van der Waals surface area contributed by atoms with E-state index in [0.717, 1.165) is 0 Å². The van der Waals surface area contributed by atoms with Crippen molar-refractivity contribution in [1.82, 2.24) is 0 Å². The van der Waals surface area contributed by atoms with E-state index in [2.05, 4.69) is 0 Å². The summed E-state index contributed by atoms with van der Waals surface area (Å²) in [4.78, 5) is 0. The highest BCUT2D eigenvalue weighted by molar-refractivity contribution is 5.75. The van der Waals surface area contributed by atoms with E-state index < -0.39 is 0 Å². The van der Waals surface area contributed by atoms with E-state index in [9.17, 15) is 0 Å². The van der Waals surface area contributed by atoms with Crippen LogP contribution in [0.5, 0.6) is 0 Å². The Hall–Kier alpha value is 0.286. The Morgan fingerprint density at radius 2 is 0.154 bits per heavy atom. The first-order chi connectivity index (χ1) is 0. The molecule has 0 spiro atoms. The predicted octanol–water partition coefficient (Wildman–Crippen LogP) is -10.8. The van der Waals surface area contributed by atoms with Crippen LogP contribution in [0, 0.1) is 0 Å². The molecule has 0 heterocycles. The van der Waals surface area contributed by atoms with E-state index in [1.807, 2.05) is 0 Å². The Kier molecular flexibility index (Phi) is 36000000. The van der Waals surface area contributed by atoms with Gasteiger partial charge in [-0.15, -0.1) is 0 Å². The third-order valence-electron chi connectivity index (χ3n) is 0. The van der Waals surface area contributed by atoms with Crippen LogP contribution in [0.4, 0.5) is 0 Å². The third kappa shape index (κ3) is 15900. The molecule has 24 N–H and O–H groups in total. The van der Waals surface area contributed by atoms with Crippen LogP contribution < -0.4 is 0 Å². The van der Waals surface area contributed by atoms with E-state index in [1.54, 1.807) is 0 Å². The van der Waals surface area contributed by atoms with Crippen LogP contribution >= 0.6 is 0 Å². The van der Waals surface area contributed by atoms with Crippen LogP contribution in [0.2, 0.25) is 0 Å². The monoisotopic (exact) mass is 242 g/mol. The summed E-state index contributed by atoms with van der Waals surface area (Å²) in [7, 11) is 0. The maximum atomic E-state index is 0. The third-order valence-corrected chi connectivity index (χ3v) is 0. The smallest absolute Gasteiger partial charge is 0.316 e. The lowest BCUT2D eigenvalue weighted by molar-refractivity contribution is 0.823. The van der Waals surface area contributed by atoms with Crippen molar-refractivity contribution >= 4 is 23.1 Å². The first kappa shape index (κ1) is 24500. The first-order valence-corrected chi connectivity index (χ1v) is 0. The molecule has 13 heteroatoms. The summed E-state index contributed by atoms with van der Waals surface area (Å²) in [5, 5.41) is 0. The highest BCUT2D eigenvalue weighted by Crippen LogP contribution is -0.278. The van der Waals surface area contributed by atoms with Crippen molar-refractivity contribution in [1.29, 1.82) is 0 Å². The topological polar surface area (TPSA) is 378 Å². The van der Waals surface area contributed by atoms with E-state index in [0.29, 0.717) is 0 Å². The molecule has 0 saturated heterocycles. The van der Waals surface area contributed by atoms with E-state index in [-0.39, 0.29) is 88.8 Å². The van der Waals surface area contributed by atoms with Crippen LogP contribution in [0.15, 0.2) is 0 Å². The molecule has 0 amide bonds. The highest BCUT2D eigenvalue weighted by Gasteiger charge is 0.316. The van der Waals surface area contributed by atoms with Crippen LogP contribution in [-0.4, -0.2) is 88.8 Å². The molecule has 0 atom stereocenters. The SMILES string of the molecule is O.O.O.O.O.O.O.O.O.O.O.O.[MgH2]. The zero-order valence-corrected chi connectivity index (χ0v) is 6.00. The van der Waals surface area contributed by atoms with Crippen molar-refractivity contribution in [2.45, 2.75) is 0 Å². The normalized spacial score (nSPS) is 0. The number of hydrogen-bond acceptors (Lipinski definition) is 0. The van der Waals surface area contributed by atoms with Crippen molar-refractivity contribution < 1.29 is 65.7 Å². The van der Waals surface area contributed by atoms with Gasteiger partial charge in [0.2, 0.25) is 0 Å². The fourth-order valence-corrected chi connectivity index (χ4v) is 0. The molecule has 0 rings (SSSR count). The second kappa shape index (κ2) is 19100. The van der Waals surface area contributed by atoms with Crippen LogP contribution in [0.3, 0.4) is 0 Å². The van der Waals surface area contributed by atoms with Gasteiger partial charge in [0.15, 0.2) is 0 Å². The number of rotatable bonds is 0. The summed E-state index contributed by atoms with van der Waals surface area (Å²) in [6, 6.07) is 0. The maximum absolute atomic E-state index is 0. The van der Waals surface area contributed by atoms with Crippen LogP contribution in [-0.2, 0) is 0 Å². The summed E-state index contributed by atoms with van der Waals surface area (Å²) in [5.74, 6) is 0. The molecular formula is H26MgO12. The molecule has 0 aromatic heterocycles. The molecule has 0 aliphatic heterocycles. The molecule has 13 heavy (non-hydrogen) atoms. The molecule has 0 aliphatic rings. The predicted molar refractivity (Wildman–Crippen MR) is 51.9 cm³/mol. The molecule has 0 aromatic carbocycles. The lowest BCUT2D eigenvalue weighted by Crippen LogP contribution is -0.381. The first-order valence-electron chi connectivity index (χ1n) is 0. The van der Waals surface area contributed by atoms with Crippen molar-refractivity contribution in [3.05, 3.63) is 0 Å². The van der Waals surface area contributed by atoms with Crippen LogP contribution in [0.1, 0.15) is 0 Å². The minimum atomic E-state index is 0. The molecule has 0 fully saturated rings. The fourth-order valence-electron chi connectivity index (χ4n) is 0. The van der Waals surface area contributed by atoms with Crippen LogP contribution in [0.25, 0.3) is 0 Å². The van der Waals surface area contributed by atoms with Gasteiger partial charge in [0, 0.05) is 0 Å². The lowest BCUT2D eigenvalue weighted by Gasteiger charge is -0.413. The van der Waals surface area contributed by atoms with Gasteiger partial charge in [0.1, 0.15) is 0 Å². The molecule has 0 aromatic rings. The molecule has 0 unspecified atom stereocenters. The maximum Gasteiger partial charge on any atom is 0.316 e. The molecule has 0 aliphatic carbocycles. The summed E-state index contributed by atoms with van der Waals surface area (Å²) in [5.41, 5.74) is 0. The summed E-state index contributed by atoms with van der Waals surface area (Å²) < 4.78 is 0. The van der Waals surface area contributed by atoms with Gasteiger partial charge < -0.3 is 65.7 Å². The zero-order valence-electron chi connectivity index (χ0n) is 6.00. The van der Waals surface area contributed by atoms with Gasteiger partial charge in [-0.05, 0) is 0 Å². The van der Waals surface area contributed by atoms with Gasteiger partial charge in [-0.3, -0.25) is 0 Å². The van der Waals surface area contributed by atoms with E-state index in [1.165, 1.54) is 0 Å². The highest BCUT2D eigenvalue weighted by atomic mass is 24.3. The van der Waals surface area contributed by atoms with Gasteiger partial charge in [-0.1, -0.05) is 0 Å². The lowest BCUT2D eigenvalue weighted by atomic mass is 16.0. The minimum Gasteiger partial charge on any atom is -0.412 e. The Balaban J connectivity index is 0.